The highest BCUT2D eigenvalue weighted by Crippen LogP contribution is 2.35. The number of hydrogen-bond acceptors (Lipinski definition) is 5. The van der Waals surface area contributed by atoms with Crippen LogP contribution in [-0.2, 0) is 0 Å². The molecule has 6 heteroatoms. The highest BCUT2D eigenvalue weighted by atomic mass is 32.1. The highest BCUT2D eigenvalue weighted by Gasteiger charge is 2.14. The number of benzene rings is 1. The zero-order valence-electron chi connectivity index (χ0n) is 11.7. The second-order valence-corrected chi connectivity index (χ2v) is 5.60. The van der Waals surface area contributed by atoms with Gasteiger partial charge in [-0.2, -0.15) is 10.4 Å². The number of nitrogens with one attached hydrogen (secondary N) is 1. The maximum absolute atomic E-state index is 11.3. The van der Waals surface area contributed by atoms with Crippen molar-refractivity contribution < 1.29 is 9.53 Å². The molecule has 0 aliphatic heterocycles. The number of aromatic amines is 1. The number of nitrogens with zero attached hydrogens (tertiary/aromatic N) is 2. The lowest BCUT2D eigenvalue weighted by molar-refractivity contribution is 0.112. The van der Waals surface area contributed by atoms with E-state index in [1.165, 1.54) is 17.4 Å². The van der Waals surface area contributed by atoms with E-state index in [-0.39, 0.29) is 0 Å². The predicted octanol–water partition coefficient (Wildman–Crippen LogP) is 3.40. The van der Waals surface area contributed by atoms with E-state index in [2.05, 4.69) is 16.3 Å². The third-order valence-corrected chi connectivity index (χ3v) is 4.38. The largest absolute Gasteiger partial charge is 0.497 e. The number of nitriles is 1. The van der Waals surface area contributed by atoms with Crippen molar-refractivity contribution in [2.75, 3.05) is 7.11 Å². The van der Waals surface area contributed by atoms with Gasteiger partial charge in [0.15, 0.2) is 6.29 Å². The monoisotopic (exact) mass is 309 g/mol. The second-order valence-electron chi connectivity index (χ2n) is 4.52. The van der Waals surface area contributed by atoms with E-state index < -0.39 is 0 Å². The molecule has 3 rings (SSSR count). The van der Waals surface area contributed by atoms with Crippen LogP contribution in [0.1, 0.15) is 20.8 Å². The summed E-state index contributed by atoms with van der Waals surface area (Å²) in [6.45, 7) is 0. The molecule has 0 radical (unpaired) electrons. The topological polar surface area (TPSA) is 78.8 Å². The standard InChI is InChI=1S/C16H11N3O2S/c1-21-11-3-2-10(9-20)13(6-11)12(4-5-17)15-7-14-16(22-15)8-18-19-14/h2-4,6-9H,1H3,(H,18,19). The summed E-state index contributed by atoms with van der Waals surface area (Å²) >= 11 is 1.51. The fraction of sp³-hybridized carbons (Fsp3) is 0.0625. The lowest BCUT2D eigenvalue weighted by atomic mass is 9.98. The number of aromatic nitrogens is 2. The normalized spacial score (nSPS) is 11.4. The zero-order valence-corrected chi connectivity index (χ0v) is 12.5. The third kappa shape index (κ3) is 2.38. The van der Waals surface area contributed by atoms with Crippen molar-refractivity contribution in [2.24, 2.45) is 0 Å². The Kier molecular flexibility index (Phi) is 3.73. The molecule has 0 atom stereocenters. The number of thiophene rings is 1. The molecule has 0 fully saturated rings. The van der Waals surface area contributed by atoms with Crippen LogP contribution in [0.3, 0.4) is 0 Å². The Bertz CT molecular complexity index is 887. The Hall–Kier alpha value is -2.91. The summed E-state index contributed by atoms with van der Waals surface area (Å²) in [6, 6.07) is 9.15. The highest BCUT2D eigenvalue weighted by molar-refractivity contribution is 7.20. The number of carbonyl (C=O) groups excluding carboxylic acids is 1. The first-order valence-electron chi connectivity index (χ1n) is 6.43. The molecule has 108 valence electrons. The van der Waals surface area contributed by atoms with Gasteiger partial charge in [0.1, 0.15) is 5.75 Å². The summed E-state index contributed by atoms with van der Waals surface area (Å²) in [5.74, 6) is 0.633. The van der Waals surface area contributed by atoms with Crippen molar-refractivity contribution in [2.45, 2.75) is 0 Å². The van der Waals surface area contributed by atoms with Crippen molar-refractivity contribution >= 4 is 33.4 Å². The quantitative estimate of drug-likeness (QED) is 0.592. The van der Waals surface area contributed by atoms with E-state index in [0.717, 1.165) is 21.4 Å². The number of methoxy groups -OCH3 is 1. The molecular weight excluding hydrogens is 298 g/mol. The Morgan fingerprint density at radius 1 is 1.45 bits per heavy atom. The van der Waals surface area contributed by atoms with Crippen molar-refractivity contribution in [3.05, 3.63) is 52.5 Å². The Morgan fingerprint density at radius 2 is 2.32 bits per heavy atom. The average molecular weight is 309 g/mol. The third-order valence-electron chi connectivity index (χ3n) is 3.28. The predicted molar refractivity (Wildman–Crippen MR) is 85.0 cm³/mol. The van der Waals surface area contributed by atoms with Gasteiger partial charge in [-0.25, -0.2) is 0 Å². The molecule has 0 amide bonds. The van der Waals surface area contributed by atoms with E-state index in [1.807, 2.05) is 6.07 Å². The molecule has 0 aliphatic rings. The Labute approximate surface area is 130 Å². The van der Waals surface area contributed by atoms with Crippen LogP contribution in [0.2, 0.25) is 0 Å². The van der Waals surface area contributed by atoms with Crippen LogP contribution < -0.4 is 4.74 Å². The number of ether oxygens (including phenoxy) is 1. The van der Waals surface area contributed by atoms with Crippen molar-refractivity contribution in [3.8, 4) is 11.8 Å². The summed E-state index contributed by atoms with van der Waals surface area (Å²) in [6.07, 6.45) is 3.96. The zero-order chi connectivity index (χ0) is 15.5. The van der Waals surface area contributed by atoms with E-state index in [4.69, 9.17) is 10.00 Å². The molecule has 0 bridgehead atoms. The summed E-state index contributed by atoms with van der Waals surface area (Å²) in [5.41, 5.74) is 2.78. The van der Waals surface area contributed by atoms with Crippen LogP contribution >= 0.6 is 11.3 Å². The molecule has 0 saturated heterocycles. The molecule has 0 saturated carbocycles. The minimum atomic E-state index is 0.512. The van der Waals surface area contributed by atoms with Gasteiger partial charge in [0, 0.05) is 22.1 Å². The van der Waals surface area contributed by atoms with Gasteiger partial charge < -0.3 is 4.74 Å². The molecule has 5 nitrogen and oxygen atoms in total. The van der Waals surface area contributed by atoms with Crippen LogP contribution in [-0.4, -0.2) is 23.6 Å². The maximum Gasteiger partial charge on any atom is 0.150 e. The number of aldehydes is 1. The molecule has 0 aliphatic carbocycles. The lowest BCUT2D eigenvalue weighted by Gasteiger charge is -2.09. The summed E-state index contributed by atoms with van der Waals surface area (Å²) in [4.78, 5) is 12.2. The van der Waals surface area contributed by atoms with Gasteiger partial charge >= 0.3 is 0 Å². The van der Waals surface area contributed by atoms with Crippen LogP contribution in [0.5, 0.6) is 5.75 Å². The number of hydrogen-bond donors (Lipinski definition) is 1. The SMILES string of the molecule is COc1ccc(C=O)c(C(=CC#N)c2cc3[nH]ncc3s2)c1. The Morgan fingerprint density at radius 3 is 3.00 bits per heavy atom. The molecule has 2 aromatic heterocycles. The van der Waals surface area contributed by atoms with Gasteiger partial charge in [0.25, 0.3) is 0 Å². The number of fused-ring (bicyclic) bond motifs is 1. The molecule has 0 spiro atoms. The van der Waals surface area contributed by atoms with Gasteiger partial charge in [-0.1, -0.05) is 0 Å². The lowest BCUT2D eigenvalue weighted by Crippen LogP contribution is -1.94. The van der Waals surface area contributed by atoms with Crippen molar-refractivity contribution in [1.82, 2.24) is 10.2 Å². The van der Waals surface area contributed by atoms with Gasteiger partial charge in [-0.15, -0.1) is 11.3 Å². The first-order chi connectivity index (χ1) is 10.8. The fourth-order valence-electron chi connectivity index (χ4n) is 2.23. The molecule has 3 aromatic rings. The van der Waals surface area contributed by atoms with E-state index in [0.29, 0.717) is 22.4 Å². The van der Waals surface area contributed by atoms with Gasteiger partial charge in [-0.3, -0.25) is 9.89 Å². The number of carbonyl (C=O) groups is 1. The van der Waals surface area contributed by atoms with Crippen molar-refractivity contribution in [1.29, 1.82) is 5.26 Å². The summed E-state index contributed by atoms with van der Waals surface area (Å²) in [7, 11) is 1.56. The van der Waals surface area contributed by atoms with E-state index >= 15 is 0 Å². The van der Waals surface area contributed by atoms with Crippen LogP contribution in [0.4, 0.5) is 0 Å². The molecule has 0 unspecified atom stereocenters. The number of allylic oxidation sites excluding steroid dienone is 1. The first kappa shape index (κ1) is 14.0. The Balaban J connectivity index is 2.20. The second kappa shape index (κ2) is 5.84. The van der Waals surface area contributed by atoms with Crippen LogP contribution in [0, 0.1) is 11.3 Å². The molecule has 22 heavy (non-hydrogen) atoms. The fourth-order valence-corrected chi connectivity index (χ4v) is 3.24. The minimum absolute atomic E-state index is 0.512. The number of rotatable bonds is 4. The molecular formula is C16H11N3O2S. The van der Waals surface area contributed by atoms with E-state index in [1.54, 1.807) is 31.5 Å². The molecule has 1 aromatic carbocycles. The molecule has 1 N–H and O–H groups in total. The summed E-state index contributed by atoms with van der Waals surface area (Å²) in [5, 5.41) is 16.0. The summed E-state index contributed by atoms with van der Waals surface area (Å²) < 4.78 is 6.22. The van der Waals surface area contributed by atoms with Crippen molar-refractivity contribution in [3.63, 3.8) is 0 Å². The smallest absolute Gasteiger partial charge is 0.150 e. The number of H-pyrrole nitrogens is 1. The average Bonchev–Trinajstić information content (AvgIpc) is 3.13. The van der Waals surface area contributed by atoms with Gasteiger partial charge in [-0.05, 0) is 29.8 Å². The van der Waals surface area contributed by atoms with E-state index in [9.17, 15) is 4.79 Å². The first-order valence-corrected chi connectivity index (χ1v) is 7.25. The van der Waals surface area contributed by atoms with Crippen LogP contribution in [0.15, 0.2) is 36.5 Å². The molecule has 2 heterocycles. The van der Waals surface area contributed by atoms with Crippen LogP contribution in [0.25, 0.3) is 15.8 Å². The maximum atomic E-state index is 11.3. The minimum Gasteiger partial charge on any atom is -0.497 e. The van der Waals surface area contributed by atoms with Gasteiger partial charge in [0.05, 0.1) is 29.6 Å². The van der Waals surface area contributed by atoms with Gasteiger partial charge in [0.2, 0.25) is 0 Å².